The molecule has 0 amide bonds. The van der Waals surface area contributed by atoms with Crippen LogP contribution in [0.1, 0.15) is 19.4 Å². The lowest BCUT2D eigenvalue weighted by Gasteiger charge is -2.20. The van der Waals surface area contributed by atoms with Gasteiger partial charge < -0.3 is 14.8 Å². The Hall–Kier alpha value is -1.06. The lowest BCUT2D eigenvalue weighted by molar-refractivity contribution is 0.184. The topological polar surface area (TPSA) is 30.5 Å². The number of hydrogen-bond donors (Lipinski definition) is 1. The van der Waals surface area contributed by atoms with Gasteiger partial charge in [-0.1, -0.05) is 26.0 Å². The van der Waals surface area contributed by atoms with Crippen molar-refractivity contribution >= 4 is 0 Å². The maximum absolute atomic E-state index is 5.79. The summed E-state index contributed by atoms with van der Waals surface area (Å²) in [4.78, 5) is 0. The van der Waals surface area contributed by atoms with E-state index in [2.05, 4.69) is 19.2 Å². The van der Waals surface area contributed by atoms with Crippen molar-refractivity contribution in [1.82, 2.24) is 5.32 Å². The Bertz CT molecular complexity index is 326. The molecule has 0 aromatic heterocycles. The third-order valence-electron chi connectivity index (χ3n) is 2.81. The Morgan fingerprint density at radius 1 is 1.29 bits per heavy atom. The number of hydrogen-bond acceptors (Lipinski definition) is 3. The van der Waals surface area contributed by atoms with Gasteiger partial charge >= 0.3 is 0 Å². The largest absolute Gasteiger partial charge is 0.492 e. The van der Waals surface area contributed by atoms with Crippen LogP contribution in [0.5, 0.6) is 5.75 Å². The van der Waals surface area contributed by atoms with Crippen LogP contribution in [-0.4, -0.2) is 26.8 Å². The quantitative estimate of drug-likeness (QED) is 0.790. The average molecular weight is 237 g/mol. The van der Waals surface area contributed by atoms with Gasteiger partial charge in [0.2, 0.25) is 0 Å². The molecule has 96 valence electrons. The van der Waals surface area contributed by atoms with Crippen LogP contribution in [-0.2, 0) is 11.3 Å². The van der Waals surface area contributed by atoms with Crippen molar-refractivity contribution < 1.29 is 9.47 Å². The van der Waals surface area contributed by atoms with E-state index in [-0.39, 0.29) is 0 Å². The van der Waals surface area contributed by atoms with Gasteiger partial charge in [0.25, 0.3) is 0 Å². The molecule has 3 heteroatoms. The molecule has 1 rings (SSSR count). The summed E-state index contributed by atoms with van der Waals surface area (Å²) in [5, 5.41) is 3.26. The highest BCUT2D eigenvalue weighted by Gasteiger charge is 2.11. The molecule has 0 heterocycles. The molecule has 0 saturated carbocycles. The summed E-state index contributed by atoms with van der Waals surface area (Å²) in [5.41, 5.74) is 1.13. The highest BCUT2D eigenvalue weighted by atomic mass is 16.5. The molecule has 0 bridgehead atoms. The Kier molecular flexibility index (Phi) is 6.01. The second-order valence-electron chi connectivity index (χ2n) is 4.53. The Morgan fingerprint density at radius 3 is 2.65 bits per heavy atom. The zero-order chi connectivity index (χ0) is 12.7. The van der Waals surface area contributed by atoms with E-state index in [0.29, 0.717) is 25.2 Å². The second-order valence-corrected chi connectivity index (χ2v) is 4.53. The molecule has 1 N–H and O–H groups in total. The van der Waals surface area contributed by atoms with E-state index in [0.717, 1.165) is 11.3 Å². The molecule has 1 unspecified atom stereocenters. The van der Waals surface area contributed by atoms with Gasteiger partial charge in [-0.05, 0) is 30.7 Å². The lowest BCUT2D eigenvalue weighted by atomic mass is 10.1. The number of ether oxygens (including phenoxy) is 2. The van der Waals surface area contributed by atoms with Gasteiger partial charge in [0, 0.05) is 13.2 Å². The minimum atomic E-state index is 0.376. The lowest BCUT2D eigenvalue weighted by Crippen LogP contribution is -2.36. The van der Waals surface area contributed by atoms with E-state index in [4.69, 9.17) is 9.47 Å². The summed E-state index contributed by atoms with van der Waals surface area (Å²) in [5.74, 6) is 1.46. The maximum Gasteiger partial charge on any atom is 0.119 e. The number of nitrogens with one attached hydrogen (secondary N) is 1. The number of rotatable bonds is 7. The molecule has 1 aromatic carbocycles. The molecular formula is C14H23NO2. The summed E-state index contributed by atoms with van der Waals surface area (Å²) in [6, 6.07) is 8.41. The molecule has 1 aromatic rings. The van der Waals surface area contributed by atoms with Crippen molar-refractivity contribution in [2.24, 2.45) is 5.92 Å². The third kappa shape index (κ3) is 4.75. The van der Waals surface area contributed by atoms with Crippen molar-refractivity contribution in [3.05, 3.63) is 29.8 Å². The molecule has 0 spiro atoms. The van der Waals surface area contributed by atoms with Gasteiger partial charge in [-0.15, -0.1) is 0 Å². The molecule has 0 aliphatic carbocycles. The van der Waals surface area contributed by atoms with Gasteiger partial charge in [0.15, 0.2) is 0 Å². The van der Waals surface area contributed by atoms with Crippen molar-refractivity contribution in [3.63, 3.8) is 0 Å². The van der Waals surface area contributed by atoms with Gasteiger partial charge in [0.1, 0.15) is 12.4 Å². The molecule has 0 aliphatic rings. The van der Waals surface area contributed by atoms with E-state index < -0.39 is 0 Å². The Labute approximate surface area is 104 Å². The highest BCUT2D eigenvalue weighted by Crippen LogP contribution is 2.15. The zero-order valence-electron chi connectivity index (χ0n) is 11.2. The van der Waals surface area contributed by atoms with Crippen LogP contribution in [0.4, 0.5) is 0 Å². The minimum absolute atomic E-state index is 0.376. The minimum Gasteiger partial charge on any atom is -0.492 e. The maximum atomic E-state index is 5.79. The normalized spacial score (nSPS) is 12.8. The summed E-state index contributed by atoms with van der Waals surface area (Å²) in [6.07, 6.45) is 0. The summed E-state index contributed by atoms with van der Waals surface area (Å²) >= 11 is 0. The average Bonchev–Trinajstić information content (AvgIpc) is 2.30. The standard InChI is InChI=1S/C14H23NO2/c1-11(2)14(15-3)10-17-13-7-5-6-12(8-13)9-16-4/h5-8,11,14-15H,9-10H2,1-4H3. The fraction of sp³-hybridized carbons (Fsp3) is 0.571. The SMILES string of the molecule is CNC(COc1cccc(COC)c1)C(C)C. The van der Waals surface area contributed by atoms with Gasteiger partial charge in [-0.2, -0.15) is 0 Å². The Balaban J connectivity index is 2.53. The van der Waals surface area contributed by atoms with Crippen molar-refractivity contribution in [1.29, 1.82) is 0 Å². The van der Waals surface area contributed by atoms with Gasteiger partial charge in [0.05, 0.1) is 6.61 Å². The van der Waals surface area contributed by atoms with Crippen molar-refractivity contribution in [2.75, 3.05) is 20.8 Å². The molecule has 0 aliphatic heterocycles. The smallest absolute Gasteiger partial charge is 0.119 e. The second kappa shape index (κ2) is 7.30. The molecular weight excluding hydrogens is 214 g/mol. The summed E-state index contributed by atoms with van der Waals surface area (Å²) in [6.45, 7) is 5.68. The molecule has 1 atom stereocenters. The molecule has 0 radical (unpaired) electrons. The molecule has 0 saturated heterocycles. The highest BCUT2D eigenvalue weighted by molar-refractivity contribution is 5.28. The van der Waals surface area contributed by atoms with Crippen LogP contribution >= 0.6 is 0 Å². The fourth-order valence-electron chi connectivity index (χ4n) is 1.69. The zero-order valence-corrected chi connectivity index (χ0v) is 11.2. The first-order valence-corrected chi connectivity index (χ1v) is 6.05. The predicted molar refractivity (Wildman–Crippen MR) is 70.3 cm³/mol. The van der Waals surface area contributed by atoms with E-state index in [9.17, 15) is 0 Å². The summed E-state index contributed by atoms with van der Waals surface area (Å²) < 4.78 is 10.9. The van der Waals surface area contributed by atoms with Gasteiger partial charge in [-0.3, -0.25) is 0 Å². The van der Waals surface area contributed by atoms with E-state index >= 15 is 0 Å². The monoisotopic (exact) mass is 237 g/mol. The number of methoxy groups -OCH3 is 1. The number of likely N-dealkylation sites (N-methyl/N-ethyl adjacent to an activating group) is 1. The molecule has 3 nitrogen and oxygen atoms in total. The van der Waals surface area contributed by atoms with Crippen LogP contribution in [0.25, 0.3) is 0 Å². The van der Waals surface area contributed by atoms with Crippen LogP contribution in [0.3, 0.4) is 0 Å². The van der Waals surface area contributed by atoms with E-state index in [1.54, 1.807) is 7.11 Å². The van der Waals surface area contributed by atoms with Crippen molar-refractivity contribution in [3.8, 4) is 5.75 Å². The van der Waals surface area contributed by atoms with Crippen molar-refractivity contribution in [2.45, 2.75) is 26.5 Å². The first-order chi connectivity index (χ1) is 8.17. The van der Waals surface area contributed by atoms with E-state index in [1.165, 1.54) is 0 Å². The van der Waals surface area contributed by atoms with Crippen LogP contribution in [0.2, 0.25) is 0 Å². The summed E-state index contributed by atoms with van der Waals surface area (Å²) in [7, 11) is 3.67. The van der Waals surface area contributed by atoms with Crippen LogP contribution in [0.15, 0.2) is 24.3 Å². The molecule has 0 fully saturated rings. The number of benzene rings is 1. The molecule has 17 heavy (non-hydrogen) atoms. The Morgan fingerprint density at radius 2 is 2.06 bits per heavy atom. The van der Waals surface area contributed by atoms with Gasteiger partial charge in [-0.25, -0.2) is 0 Å². The third-order valence-corrected chi connectivity index (χ3v) is 2.81. The predicted octanol–water partition coefficient (Wildman–Crippen LogP) is 2.46. The first-order valence-electron chi connectivity index (χ1n) is 6.05. The van der Waals surface area contributed by atoms with Crippen LogP contribution in [0, 0.1) is 5.92 Å². The first kappa shape index (κ1) is 14.0. The van der Waals surface area contributed by atoms with Crippen LogP contribution < -0.4 is 10.1 Å². The van der Waals surface area contributed by atoms with E-state index in [1.807, 2.05) is 31.3 Å². The fourth-order valence-corrected chi connectivity index (χ4v) is 1.69.